The van der Waals surface area contributed by atoms with E-state index in [2.05, 4.69) is 26.9 Å². The lowest BCUT2D eigenvalue weighted by molar-refractivity contribution is 0.290. The van der Waals surface area contributed by atoms with Crippen molar-refractivity contribution in [2.75, 3.05) is 23.8 Å². The number of aliphatic hydroxyl groups excluding tert-OH is 1. The van der Waals surface area contributed by atoms with Crippen molar-refractivity contribution < 1.29 is 5.11 Å². The minimum atomic E-state index is 0.169. The Bertz CT molecular complexity index is 391. The molecule has 0 atom stereocenters. The average Bonchev–Trinajstić information content (AvgIpc) is 2.40. The molecule has 100 valence electrons. The zero-order valence-electron chi connectivity index (χ0n) is 10.6. The summed E-state index contributed by atoms with van der Waals surface area (Å²) in [5.41, 5.74) is 7.92. The molecule has 3 N–H and O–H groups in total. The Hall–Kier alpha value is -0.740. The van der Waals surface area contributed by atoms with E-state index in [4.69, 9.17) is 5.73 Å². The van der Waals surface area contributed by atoms with Crippen molar-refractivity contribution in [3.63, 3.8) is 0 Å². The fourth-order valence-electron chi connectivity index (χ4n) is 2.77. The molecule has 0 radical (unpaired) electrons. The molecule has 0 saturated heterocycles. The third-order valence-electron chi connectivity index (χ3n) is 3.66. The molecule has 1 aromatic carbocycles. The molecule has 1 fully saturated rings. The molecule has 0 amide bonds. The Morgan fingerprint density at radius 2 is 2.00 bits per heavy atom. The number of nitrogen functional groups attached to an aromatic ring is 1. The third kappa shape index (κ3) is 3.18. The molecule has 0 aliphatic heterocycles. The smallest absolute Gasteiger partial charge is 0.0614 e. The molecule has 0 bridgehead atoms. The van der Waals surface area contributed by atoms with Crippen molar-refractivity contribution in [2.24, 2.45) is 0 Å². The van der Waals surface area contributed by atoms with Crippen LogP contribution in [0.1, 0.15) is 32.1 Å². The fourth-order valence-corrected chi connectivity index (χ4v) is 3.11. The Morgan fingerprint density at radius 3 is 2.67 bits per heavy atom. The van der Waals surface area contributed by atoms with E-state index in [1.54, 1.807) is 0 Å². The van der Waals surface area contributed by atoms with Crippen LogP contribution in [0.2, 0.25) is 0 Å². The first-order chi connectivity index (χ1) is 8.72. The van der Waals surface area contributed by atoms with Gasteiger partial charge in [-0.2, -0.15) is 0 Å². The van der Waals surface area contributed by atoms with E-state index in [1.165, 1.54) is 32.1 Å². The molecule has 4 heteroatoms. The third-order valence-corrected chi connectivity index (χ3v) is 4.15. The van der Waals surface area contributed by atoms with Crippen LogP contribution in [0, 0.1) is 0 Å². The quantitative estimate of drug-likeness (QED) is 0.840. The maximum atomic E-state index is 9.29. The number of rotatable bonds is 4. The monoisotopic (exact) mass is 312 g/mol. The Morgan fingerprint density at radius 1 is 1.28 bits per heavy atom. The number of anilines is 2. The molecule has 3 nitrogen and oxygen atoms in total. The van der Waals surface area contributed by atoms with E-state index in [9.17, 15) is 5.11 Å². The van der Waals surface area contributed by atoms with Gasteiger partial charge in [0.05, 0.1) is 18.0 Å². The number of nitrogens with zero attached hydrogens (tertiary/aromatic N) is 1. The van der Waals surface area contributed by atoms with Crippen LogP contribution in [-0.2, 0) is 0 Å². The summed E-state index contributed by atoms with van der Waals surface area (Å²) in [6, 6.07) is 6.45. The molecule has 0 heterocycles. The lowest BCUT2D eigenvalue weighted by atomic mass is 9.93. The fraction of sp³-hybridized carbons (Fsp3) is 0.571. The summed E-state index contributed by atoms with van der Waals surface area (Å²) in [5.74, 6) is 0. The van der Waals surface area contributed by atoms with Crippen LogP contribution in [-0.4, -0.2) is 24.3 Å². The number of benzene rings is 1. The minimum Gasteiger partial charge on any atom is -0.397 e. The van der Waals surface area contributed by atoms with Crippen LogP contribution in [0.5, 0.6) is 0 Å². The highest BCUT2D eigenvalue weighted by atomic mass is 79.9. The molecule has 0 spiro atoms. The summed E-state index contributed by atoms with van der Waals surface area (Å²) >= 11 is 3.50. The largest absolute Gasteiger partial charge is 0.397 e. The van der Waals surface area contributed by atoms with Crippen LogP contribution in [0.15, 0.2) is 22.7 Å². The Balaban J connectivity index is 2.24. The van der Waals surface area contributed by atoms with E-state index in [0.717, 1.165) is 15.8 Å². The molecule has 18 heavy (non-hydrogen) atoms. The minimum absolute atomic E-state index is 0.169. The van der Waals surface area contributed by atoms with Crippen LogP contribution in [0.3, 0.4) is 0 Å². The van der Waals surface area contributed by atoms with Gasteiger partial charge in [-0.1, -0.05) is 35.2 Å². The van der Waals surface area contributed by atoms with Crippen molar-refractivity contribution in [2.45, 2.75) is 38.1 Å². The van der Waals surface area contributed by atoms with Gasteiger partial charge in [0.1, 0.15) is 0 Å². The molecule has 0 aromatic heterocycles. The molecular weight excluding hydrogens is 292 g/mol. The molecule has 1 aliphatic rings. The second-order valence-electron chi connectivity index (χ2n) is 4.91. The van der Waals surface area contributed by atoms with Gasteiger partial charge in [0.15, 0.2) is 0 Å². The second-order valence-corrected chi connectivity index (χ2v) is 5.83. The Labute approximate surface area is 117 Å². The van der Waals surface area contributed by atoms with Crippen molar-refractivity contribution >= 4 is 27.3 Å². The van der Waals surface area contributed by atoms with Crippen LogP contribution in [0.4, 0.5) is 11.4 Å². The number of hydrogen-bond acceptors (Lipinski definition) is 3. The maximum Gasteiger partial charge on any atom is 0.0614 e. The lowest BCUT2D eigenvalue weighted by Crippen LogP contribution is -2.39. The van der Waals surface area contributed by atoms with Gasteiger partial charge >= 0.3 is 0 Å². The summed E-state index contributed by atoms with van der Waals surface area (Å²) in [6.07, 6.45) is 6.29. The summed E-state index contributed by atoms with van der Waals surface area (Å²) < 4.78 is 1.03. The predicted octanol–water partition coefficient (Wildman–Crippen LogP) is 3.16. The van der Waals surface area contributed by atoms with E-state index in [-0.39, 0.29) is 6.61 Å². The van der Waals surface area contributed by atoms with Gasteiger partial charge in [0.2, 0.25) is 0 Å². The van der Waals surface area contributed by atoms with E-state index < -0.39 is 0 Å². The van der Waals surface area contributed by atoms with Gasteiger partial charge in [-0.3, -0.25) is 0 Å². The summed E-state index contributed by atoms with van der Waals surface area (Å²) in [6.45, 7) is 0.827. The molecule has 2 rings (SSSR count). The van der Waals surface area contributed by atoms with Crippen LogP contribution < -0.4 is 10.6 Å². The number of halogens is 1. The van der Waals surface area contributed by atoms with Gasteiger partial charge in [0, 0.05) is 17.1 Å². The average molecular weight is 313 g/mol. The molecule has 1 aromatic rings. The van der Waals surface area contributed by atoms with Gasteiger partial charge in [-0.05, 0) is 31.0 Å². The number of hydrogen-bond donors (Lipinski definition) is 2. The summed E-state index contributed by atoms with van der Waals surface area (Å²) in [4.78, 5) is 2.28. The highest BCUT2D eigenvalue weighted by Crippen LogP contribution is 2.32. The summed E-state index contributed by atoms with van der Waals surface area (Å²) in [5, 5.41) is 9.29. The highest BCUT2D eigenvalue weighted by molar-refractivity contribution is 9.10. The maximum absolute atomic E-state index is 9.29. The highest BCUT2D eigenvalue weighted by Gasteiger charge is 2.22. The first-order valence-electron chi connectivity index (χ1n) is 6.65. The van der Waals surface area contributed by atoms with Gasteiger partial charge < -0.3 is 15.7 Å². The normalized spacial score (nSPS) is 16.8. The van der Waals surface area contributed by atoms with E-state index >= 15 is 0 Å². The first-order valence-corrected chi connectivity index (χ1v) is 7.44. The van der Waals surface area contributed by atoms with Crippen molar-refractivity contribution in [1.29, 1.82) is 0 Å². The summed E-state index contributed by atoms with van der Waals surface area (Å²) in [7, 11) is 0. The number of nitrogens with two attached hydrogens (primary N) is 1. The molecule has 0 unspecified atom stereocenters. The Kier molecular flexibility index (Phi) is 4.89. The van der Waals surface area contributed by atoms with Gasteiger partial charge in [0.25, 0.3) is 0 Å². The lowest BCUT2D eigenvalue weighted by Gasteiger charge is -2.36. The predicted molar refractivity (Wildman–Crippen MR) is 79.9 cm³/mol. The zero-order valence-corrected chi connectivity index (χ0v) is 12.2. The molecular formula is C14H21BrN2O. The molecule has 1 saturated carbocycles. The van der Waals surface area contributed by atoms with Gasteiger partial charge in [-0.15, -0.1) is 0 Å². The topological polar surface area (TPSA) is 49.5 Å². The van der Waals surface area contributed by atoms with Crippen LogP contribution >= 0.6 is 15.9 Å². The standard InChI is InChI=1S/C14H21BrN2O/c15-11-6-7-13(16)14(10-11)17(8-9-18)12-4-2-1-3-5-12/h6-7,10,12,18H,1-5,8-9,16H2. The van der Waals surface area contributed by atoms with E-state index in [1.807, 2.05) is 12.1 Å². The van der Waals surface area contributed by atoms with Crippen molar-refractivity contribution in [3.05, 3.63) is 22.7 Å². The second kappa shape index (κ2) is 6.43. The van der Waals surface area contributed by atoms with Crippen molar-refractivity contribution in [3.8, 4) is 0 Å². The first kappa shape index (κ1) is 13.7. The van der Waals surface area contributed by atoms with E-state index in [0.29, 0.717) is 12.6 Å². The molecule has 1 aliphatic carbocycles. The SMILES string of the molecule is Nc1ccc(Br)cc1N(CCO)C1CCCCC1. The zero-order chi connectivity index (χ0) is 13.0. The van der Waals surface area contributed by atoms with Crippen LogP contribution in [0.25, 0.3) is 0 Å². The van der Waals surface area contributed by atoms with Crippen molar-refractivity contribution in [1.82, 2.24) is 0 Å². The van der Waals surface area contributed by atoms with Gasteiger partial charge in [-0.25, -0.2) is 0 Å². The number of aliphatic hydroxyl groups is 1.